The Balaban J connectivity index is 1.75. The fourth-order valence-electron chi connectivity index (χ4n) is 3.11. The maximum absolute atomic E-state index is 5.27. The second-order valence-electron chi connectivity index (χ2n) is 6.85. The van der Waals surface area contributed by atoms with Gasteiger partial charge >= 0.3 is 0 Å². The number of hydrogen-bond donors (Lipinski definition) is 1. The maximum Gasteiger partial charge on any atom is 0.119 e. The van der Waals surface area contributed by atoms with Crippen molar-refractivity contribution < 1.29 is 4.74 Å². The van der Waals surface area contributed by atoms with Crippen molar-refractivity contribution in [1.29, 1.82) is 0 Å². The molecule has 1 aliphatic carbocycles. The van der Waals surface area contributed by atoms with E-state index in [9.17, 15) is 0 Å². The first kappa shape index (κ1) is 15.4. The molecule has 1 atom stereocenters. The van der Waals surface area contributed by atoms with E-state index in [0.717, 1.165) is 18.7 Å². The molecule has 1 saturated carbocycles. The molecule has 20 heavy (non-hydrogen) atoms. The number of rotatable bonds is 5. The summed E-state index contributed by atoms with van der Waals surface area (Å²) < 4.78 is 5.27. The molecule has 0 spiro atoms. The van der Waals surface area contributed by atoms with Crippen LogP contribution in [0.2, 0.25) is 0 Å². The van der Waals surface area contributed by atoms with Gasteiger partial charge in [-0.2, -0.15) is 0 Å². The van der Waals surface area contributed by atoms with Crippen LogP contribution in [0.15, 0.2) is 24.3 Å². The van der Waals surface area contributed by atoms with Crippen LogP contribution < -0.4 is 10.1 Å². The van der Waals surface area contributed by atoms with E-state index in [1.807, 2.05) is 6.07 Å². The van der Waals surface area contributed by atoms with Crippen LogP contribution in [0.25, 0.3) is 0 Å². The molecular formula is C18H29NO. The topological polar surface area (TPSA) is 21.3 Å². The van der Waals surface area contributed by atoms with Crippen LogP contribution in [0.1, 0.15) is 51.5 Å². The van der Waals surface area contributed by atoms with E-state index in [2.05, 4.69) is 37.4 Å². The van der Waals surface area contributed by atoms with E-state index >= 15 is 0 Å². The lowest BCUT2D eigenvalue weighted by Gasteiger charge is -2.22. The number of ether oxygens (including phenoxy) is 1. The zero-order valence-electron chi connectivity index (χ0n) is 13.2. The largest absolute Gasteiger partial charge is 0.497 e. The molecule has 1 aromatic carbocycles. The fraction of sp³-hybridized carbons (Fsp3) is 0.667. The summed E-state index contributed by atoms with van der Waals surface area (Å²) in [5.41, 5.74) is 1.90. The molecule has 0 aromatic heterocycles. The molecule has 112 valence electrons. The van der Waals surface area contributed by atoms with Gasteiger partial charge in [0.15, 0.2) is 0 Å². The van der Waals surface area contributed by atoms with E-state index in [1.165, 1.54) is 37.7 Å². The molecule has 0 radical (unpaired) electrons. The van der Waals surface area contributed by atoms with E-state index in [0.29, 0.717) is 11.5 Å². The van der Waals surface area contributed by atoms with E-state index in [-0.39, 0.29) is 0 Å². The number of methoxy groups -OCH3 is 1. The molecule has 1 unspecified atom stereocenters. The smallest absolute Gasteiger partial charge is 0.119 e. The quantitative estimate of drug-likeness (QED) is 0.814. The third-order valence-corrected chi connectivity index (χ3v) is 4.56. The highest BCUT2D eigenvalue weighted by Gasteiger charge is 2.23. The predicted molar refractivity (Wildman–Crippen MR) is 85.4 cm³/mol. The van der Waals surface area contributed by atoms with E-state index in [4.69, 9.17) is 4.74 Å². The van der Waals surface area contributed by atoms with Gasteiger partial charge in [-0.25, -0.2) is 0 Å². The van der Waals surface area contributed by atoms with Crippen LogP contribution in [0.3, 0.4) is 0 Å². The van der Waals surface area contributed by atoms with Gasteiger partial charge in [0.05, 0.1) is 7.11 Å². The van der Waals surface area contributed by atoms with Crippen molar-refractivity contribution in [3.63, 3.8) is 0 Å². The third-order valence-electron chi connectivity index (χ3n) is 4.56. The summed E-state index contributed by atoms with van der Waals surface area (Å²) in [4.78, 5) is 0. The summed E-state index contributed by atoms with van der Waals surface area (Å²) in [6, 6.07) is 9.10. The molecule has 0 aliphatic heterocycles. The number of nitrogens with one attached hydrogen (secondary N) is 1. The lowest BCUT2D eigenvalue weighted by atomic mass is 9.85. The van der Waals surface area contributed by atoms with Crippen molar-refractivity contribution >= 4 is 0 Å². The third kappa shape index (κ3) is 4.82. The molecule has 1 N–H and O–H groups in total. The highest BCUT2D eigenvalue weighted by molar-refractivity contribution is 5.28. The lowest BCUT2D eigenvalue weighted by molar-refractivity contribution is 0.310. The molecule has 0 bridgehead atoms. The van der Waals surface area contributed by atoms with Crippen LogP contribution >= 0.6 is 0 Å². The van der Waals surface area contributed by atoms with Crippen molar-refractivity contribution in [3.05, 3.63) is 29.8 Å². The van der Waals surface area contributed by atoms with Crippen molar-refractivity contribution in [1.82, 2.24) is 5.32 Å². The van der Waals surface area contributed by atoms with Crippen LogP contribution in [0.5, 0.6) is 5.75 Å². The van der Waals surface area contributed by atoms with Gasteiger partial charge in [0.1, 0.15) is 5.75 Å². The van der Waals surface area contributed by atoms with E-state index < -0.39 is 0 Å². The highest BCUT2D eigenvalue weighted by Crippen LogP contribution is 2.33. The Morgan fingerprint density at radius 1 is 1.25 bits per heavy atom. The molecule has 1 aromatic rings. The monoisotopic (exact) mass is 275 g/mol. The van der Waals surface area contributed by atoms with Crippen molar-refractivity contribution in [2.45, 2.75) is 58.4 Å². The Bertz CT molecular complexity index is 414. The Labute approximate surface area is 123 Å². The van der Waals surface area contributed by atoms with Crippen LogP contribution in [-0.4, -0.2) is 19.7 Å². The summed E-state index contributed by atoms with van der Waals surface area (Å²) in [7, 11) is 1.73. The SMILES string of the molecule is COc1cccc(CCNC2CCCC(C)(C)CC2)c1. The summed E-state index contributed by atoms with van der Waals surface area (Å²) in [6.07, 6.45) is 7.83. The van der Waals surface area contributed by atoms with Crippen LogP contribution in [0, 0.1) is 5.41 Å². The first-order chi connectivity index (χ1) is 9.59. The Morgan fingerprint density at radius 2 is 2.10 bits per heavy atom. The van der Waals surface area contributed by atoms with Crippen molar-refractivity contribution in [2.75, 3.05) is 13.7 Å². The Morgan fingerprint density at radius 3 is 2.90 bits per heavy atom. The van der Waals surface area contributed by atoms with Gasteiger partial charge in [0.2, 0.25) is 0 Å². The van der Waals surface area contributed by atoms with Gasteiger partial charge in [0, 0.05) is 6.04 Å². The van der Waals surface area contributed by atoms with Crippen molar-refractivity contribution in [2.24, 2.45) is 5.41 Å². The molecule has 2 nitrogen and oxygen atoms in total. The molecule has 2 rings (SSSR count). The Hall–Kier alpha value is -1.02. The zero-order chi connectivity index (χ0) is 14.4. The molecule has 0 heterocycles. The van der Waals surface area contributed by atoms with Gasteiger partial charge in [0.25, 0.3) is 0 Å². The summed E-state index contributed by atoms with van der Waals surface area (Å²) in [6.45, 7) is 5.88. The summed E-state index contributed by atoms with van der Waals surface area (Å²) >= 11 is 0. The summed E-state index contributed by atoms with van der Waals surface area (Å²) in [5, 5.41) is 3.74. The minimum atomic E-state index is 0.545. The molecule has 0 amide bonds. The zero-order valence-corrected chi connectivity index (χ0v) is 13.2. The van der Waals surface area contributed by atoms with Gasteiger partial charge in [-0.1, -0.05) is 32.4 Å². The first-order valence-corrected chi connectivity index (χ1v) is 7.95. The van der Waals surface area contributed by atoms with Gasteiger partial charge in [-0.15, -0.1) is 0 Å². The summed E-state index contributed by atoms with van der Waals surface area (Å²) in [5.74, 6) is 0.957. The standard InChI is InChI=1S/C18H29NO/c1-18(2)11-5-7-16(9-12-18)19-13-10-15-6-4-8-17(14-15)20-3/h4,6,8,14,16,19H,5,7,9-13H2,1-3H3. The minimum absolute atomic E-state index is 0.545. The van der Waals surface area contributed by atoms with Gasteiger partial charge in [-0.05, 0) is 61.8 Å². The normalized spacial score (nSPS) is 22.2. The predicted octanol–water partition coefficient (Wildman–Crippen LogP) is 4.19. The minimum Gasteiger partial charge on any atom is -0.497 e. The van der Waals surface area contributed by atoms with Gasteiger partial charge in [-0.3, -0.25) is 0 Å². The molecule has 2 heteroatoms. The number of hydrogen-bond acceptors (Lipinski definition) is 2. The van der Waals surface area contributed by atoms with Crippen molar-refractivity contribution in [3.8, 4) is 5.75 Å². The van der Waals surface area contributed by atoms with Crippen LogP contribution in [-0.2, 0) is 6.42 Å². The highest BCUT2D eigenvalue weighted by atomic mass is 16.5. The first-order valence-electron chi connectivity index (χ1n) is 7.95. The Kier molecular flexibility index (Phi) is 5.47. The average molecular weight is 275 g/mol. The maximum atomic E-state index is 5.27. The molecule has 1 aliphatic rings. The molecule has 1 fully saturated rings. The molecule has 0 saturated heterocycles. The fourth-order valence-corrected chi connectivity index (χ4v) is 3.11. The van der Waals surface area contributed by atoms with Gasteiger partial charge < -0.3 is 10.1 Å². The lowest BCUT2D eigenvalue weighted by Crippen LogP contribution is -2.30. The second-order valence-corrected chi connectivity index (χ2v) is 6.85. The number of benzene rings is 1. The van der Waals surface area contributed by atoms with Crippen LogP contribution in [0.4, 0.5) is 0 Å². The molecular weight excluding hydrogens is 246 g/mol. The second kappa shape index (κ2) is 7.12. The van der Waals surface area contributed by atoms with E-state index in [1.54, 1.807) is 7.11 Å². The average Bonchev–Trinajstić information content (AvgIpc) is 2.60.